The first-order valence-corrected chi connectivity index (χ1v) is 7.41. The van der Waals surface area contributed by atoms with Crippen molar-refractivity contribution in [1.29, 1.82) is 5.26 Å². The lowest BCUT2D eigenvalue weighted by molar-refractivity contribution is 0.0973. The van der Waals surface area contributed by atoms with E-state index < -0.39 is 0 Å². The van der Waals surface area contributed by atoms with Gasteiger partial charge in [-0.05, 0) is 30.5 Å². The molecular weight excluding hydrogens is 268 g/mol. The van der Waals surface area contributed by atoms with Gasteiger partial charge in [0.05, 0.1) is 5.56 Å². The highest BCUT2D eigenvalue weighted by atomic mass is 32.1. The molecule has 1 aromatic heterocycles. The summed E-state index contributed by atoms with van der Waals surface area (Å²) in [4.78, 5) is 14.9. The molecule has 0 aliphatic heterocycles. The Morgan fingerprint density at radius 1 is 1.25 bits per heavy atom. The zero-order valence-electron chi connectivity index (χ0n) is 11.2. The third-order valence-corrected chi connectivity index (χ3v) is 4.86. The zero-order chi connectivity index (χ0) is 14.1. The average Bonchev–Trinajstić information content (AvgIpc) is 2.87. The Hall–Kier alpha value is -2.12. The predicted octanol–water partition coefficient (Wildman–Crippen LogP) is 3.91. The number of ketones is 1. The summed E-state index contributed by atoms with van der Waals surface area (Å²) >= 11 is 1.43. The number of thiophene rings is 1. The van der Waals surface area contributed by atoms with E-state index in [0.717, 1.165) is 34.7 Å². The van der Waals surface area contributed by atoms with Crippen LogP contribution in [-0.4, -0.2) is 12.8 Å². The van der Waals surface area contributed by atoms with Crippen LogP contribution >= 0.6 is 11.3 Å². The van der Waals surface area contributed by atoms with Crippen molar-refractivity contribution in [2.75, 3.05) is 11.9 Å². The molecule has 4 heteroatoms. The number of hydrogen-bond donors (Lipinski definition) is 0. The van der Waals surface area contributed by atoms with Gasteiger partial charge in [-0.1, -0.05) is 18.2 Å². The van der Waals surface area contributed by atoms with Crippen molar-refractivity contribution in [1.82, 2.24) is 0 Å². The number of para-hydroxylation sites is 1. The second kappa shape index (κ2) is 5.10. The first-order valence-electron chi connectivity index (χ1n) is 6.60. The number of hydrogen-bond acceptors (Lipinski definition) is 4. The first kappa shape index (κ1) is 12.9. The van der Waals surface area contributed by atoms with Crippen LogP contribution in [-0.2, 0) is 6.42 Å². The summed E-state index contributed by atoms with van der Waals surface area (Å²) in [6.45, 7) is 0. The normalized spacial score (nSPS) is 13.7. The quantitative estimate of drug-likeness (QED) is 0.839. The second-order valence-electron chi connectivity index (χ2n) is 4.87. The number of Topliss-reactive ketones (excluding diaryl/α,β-unsaturated/α-hetero) is 1. The number of nitriles is 1. The van der Waals surface area contributed by atoms with E-state index in [-0.39, 0.29) is 5.78 Å². The number of carbonyl (C=O) groups is 1. The average molecular weight is 282 g/mol. The van der Waals surface area contributed by atoms with Crippen LogP contribution in [0.15, 0.2) is 30.3 Å². The third kappa shape index (κ3) is 2.00. The molecule has 0 atom stereocenters. The maximum absolute atomic E-state index is 12.2. The van der Waals surface area contributed by atoms with Crippen LogP contribution in [0.5, 0.6) is 0 Å². The minimum absolute atomic E-state index is 0.168. The summed E-state index contributed by atoms with van der Waals surface area (Å²) in [6.07, 6.45) is 2.28. The van der Waals surface area contributed by atoms with E-state index in [2.05, 4.69) is 6.07 Å². The summed E-state index contributed by atoms with van der Waals surface area (Å²) in [5.41, 5.74) is 2.75. The first-order chi connectivity index (χ1) is 9.72. The lowest BCUT2D eigenvalue weighted by Crippen LogP contribution is -2.15. The molecule has 0 spiro atoms. The zero-order valence-corrected chi connectivity index (χ0v) is 12.0. The molecule has 1 aromatic carbocycles. The molecule has 0 amide bonds. The summed E-state index contributed by atoms with van der Waals surface area (Å²) in [7, 11) is 1.95. The van der Waals surface area contributed by atoms with Crippen molar-refractivity contribution in [3.8, 4) is 6.07 Å². The topological polar surface area (TPSA) is 44.1 Å². The molecule has 1 heterocycles. The smallest absolute Gasteiger partial charge is 0.166 e. The Morgan fingerprint density at radius 2 is 2.00 bits per heavy atom. The van der Waals surface area contributed by atoms with Crippen molar-refractivity contribution in [2.24, 2.45) is 0 Å². The van der Waals surface area contributed by atoms with Gasteiger partial charge >= 0.3 is 0 Å². The van der Waals surface area contributed by atoms with E-state index in [1.54, 1.807) is 0 Å². The van der Waals surface area contributed by atoms with Gasteiger partial charge in [-0.25, -0.2) is 0 Å². The molecule has 0 fully saturated rings. The molecule has 1 aliphatic rings. The predicted molar refractivity (Wildman–Crippen MR) is 80.8 cm³/mol. The SMILES string of the molecule is CN(c1ccccc1)c1sc(C#N)c2c1C(=O)CCC2. The number of benzene rings is 1. The summed E-state index contributed by atoms with van der Waals surface area (Å²) in [5, 5.41) is 10.2. The van der Waals surface area contributed by atoms with Gasteiger partial charge in [-0.2, -0.15) is 5.26 Å². The second-order valence-corrected chi connectivity index (χ2v) is 5.87. The highest BCUT2D eigenvalue weighted by Gasteiger charge is 2.28. The Morgan fingerprint density at radius 3 is 2.70 bits per heavy atom. The van der Waals surface area contributed by atoms with Gasteiger partial charge < -0.3 is 4.90 Å². The molecule has 100 valence electrons. The largest absolute Gasteiger partial charge is 0.336 e. The van der Waals surface area contributed by atoms with E-state index in [4.69, 9.17) is 0 Å². The molecule has 1 aliphatic carbocycles. The van der Waals surface area contributed by atoms with Crippen LogP contribution in [0.4, 0.5) is 10.7 Å². The fraction of sp³-hybridized carbons (Fsp3) is 0.250. The Labute approximate surface area is 122 Å². The fourth-order valence-electron chi connectivity index (χ4n) is 2.62. The fourth-order valence-corrected chi connectivity index (χ4v) is 3.77. The molecule has 0 saturated heterocycles. The minimum Gasteiger partial charge on any atom is -0.336 e. The minimum atomic E-state index is 0.168. The maximum atomic E-state index is 12.2. The van der Waals surface area contributed by atoms with Crippen LogP contribution in [0.2, 0.25) is 0 Å². The highest BCUT2D eigenvalue weighted by Crippen LogP contribution is 2.41. The molecule has 3 rings (SSSR count). The molecule has 0 bridgehead atoms. The standard InChI is InChI=1S/C16H14N2OS/c1-18(11-6-3-2-4-7-11)16-15-12(14(10-17)20-16)8-5-9-13(15)19/h2-4,6-7H,5,8-9H2,1H3. The monoisotopic (exact) mass is 282 g/mol. The van der Waals surface area contributed by atoms with Crippen LogP contribution in [0.1, 0.15) is 33.6 Å². The molecule has 3 nitrogen and oxygen atoms in total. The van der Waals surface area contributed by atoms with Crippen molar-refractivity contribution < 1.29 is 4.79 Å². The van der Waals surface area contributed by atoms with Crippen molar-refractivity contribution in [2.45, 2.75) is 19.3 Å². The molecule has 20 heavy (non-hydrogen) atoms. The van der Waals surface area contributed by atoms with Gasteiger partial charge in [0.1, 0.15) is 15.9 Å². The summed E-state index contributed by atoms with van der Waals surface area (Å²) in [5.74, 6) is 0.168. The van der Waals surface area contributed by atoms with Crippen LogP contribution in [0, 0.1) is 11.3 Å². The Balaban J connectivity index is 2.13. The van der Waals surface area contributed by atoms with Crippen molar-refractivity contribution >= 4 is 27.8 Å². The number of rotatable bonds is 2. The van der Waals surface area contributed by atoms with Gasteiger partial charge in [0, 0.05) is 19.2 Å². The Kier molecular flexibility index (Phi) is 3.29. The molecule has 0 saturated carbocycles. The number of anilines is 2. The summed E-state index contributed by atoms with van der Waals surface area (Å²) in [6, 6.07) is 12.2. The number of fused-ring (bicyclic) bond motifs is 1. The van der Waals surface area contributed by atoms with E-state index >= 15 is 0 Å². The highest BCUT2D eigenvalue weighted by molar-refractivity contribution is 7.17. The van der Waals surface area contributed by atoms with E-state index in [1.807, 2.05) is 42.3 Å². The van der Waals surface area contributed by atoms with Gasteiger partial charge in [0.15, 0.2) is 5.78 Å². The molecular formula is C16H14N2OS. The van der Waals surface area contributed by atoms with Crippen LogP contribution in [0.3, 0.4) is 0 Å². The number of carbonyl (C=O) groups excluding carboxylic acids is 1. The Bertz CT molecular complexity index is 697. The molecule has 2 aromatic rings. The van der Waals surface area contributed by atoms with Crippen molar-refractivity contribution in [3.05, 3.63) is 46.3 Å². The van der Waals surface area contributed by atoms with Crippen molar-refractivity contribution in [3.63, 3.8) is 0 Å². The number of nitrogens with zero attached hydrogens (tertiary/aromatic N) is 2. The molecule has 0 N–H and O–H groups in total. The molecule has 0 unspecified atom stereocenters. The van der Waals surface area contributed by atoms with Gasteiger partial charge in [0.25, 0.3) is 0 Å². The third-order valence-electron chi connectivity index (χ3n) is 3.65. The van der Waals surface area contributed by atoms with E-state index in [9.17, 15) is 10.1 Å². The van der Waals surface area contributed by atoms with Gasteiger partial charge in [0.2, 0.25) is 0 Å². The molecule has 0 radical (unpaired) electrons. The lowest BCUT2D eigenvalue weighted by atomic mass is 9.92. The maximum Gasteiger partial charge on any atom is 0.166 e. The van der Waals surface area contributed by atoms with Gasteiger partial charge in [-0.15, -0.1) is 11.3 Å². The van der Waals surface area contributed by atoms with E-state index in [0.29, 0.717) is 11.3 Å². The van der Waals surface area contributed by atoms with Crippen LogP contribution < -0.4 is 4.90 Å². The van der Waals surface area contributed by atoms with Crippen LogP contribution in [0.25, 0.3) is 0 Å². The van der Waals surface area contributed by atoms with Gasteiger partial charge in [-0.3, -0.25) is 4.79 Å². The lowest BCUT2D eigenvalue weighted by Gasteiger charge is -2.20. The summed E-state index contributed by atoms with van der Waals surface area (Å²) < 4.78 is 0. The van der Waals surface area contributed by atoms with E-state index in [1.165, 1.54) is 11.3 Å².